The van der Waals surface area contributed by atoms with E-state index in [1.165, 1.54) is 0 Å². The van der Waals surface area contributed by atoms with Gasteiger partial charge in [-0.25, -0.2) is 8.42 Å². The number of benzene rings is 2. The van der Waals surface area contributed by atoms with Crippen LogP contribution in [0.3, 0.4) is 0 Å². The molecule has 0 spiro atoms. The van der Waals surface area contributed by atoms with E-state index in [1.54, 1.807) is 28.2 Å². The topological polar surface area (TPSA) is 70.1 Å². The van der Waals surface area contributed by atoms with Crippen molar-refractivity contribution in [3.63, 3.8) is 0 Å². The van der Waals surface area contributed by atoms with Crippen molar-refractivity contribution in [3.8, 4) is 0 Å². The van der Waals surface area contributed by atoms with Gasteiger partial charge in [-0.15, -0.1) is 4.40 Å². The number of hydrogen-bond donors (Lipinski definition) is 0. The highest BCUT2D eigenvalue weighted by atomic mass is 32.2. The minimum Gasteiger partial charge on any atom is -0.330 e. The van der Waals surface area contributed by atoms with Gasteiger partial charge in [0.25, 0.3) is 15.9 Å². The molecular formula is C20H19N3O3S. The van der Waals surface area contributed by atoms with Crippen LogP contribution in [0.5, 0.6) is 0 Å². The average Bonchev–Trinajstić information content (AvgIpc) is 2.67. The Kier molecular flexibility index (Phi) is 4.31. The first kappa shape index (κ1) is 17.5. The number of anilines is 1. The molecule has 138 valence electrons. The summed E-state index contributed by atoms with van der Waals surface area (Å²) in [5.41, 5.74) is 1.36. The van der Waals surface area contributed by atoms with E-state index < -0.39 is 10.0 Å². The predicted octanol–water partition coefficient (Wildman–Crippen LogP) is 2.69. The van der Waals surface area contributed by atoms with E-state index in [9.17, 15) is 13.2 Å². The summed E-state index contributed by atoms with van der Waals surface area (Å²) in [4.78, 5) is 16.6. The van der Waals surface area contributed by atoms with E-state index >= 15 is 0 Å². The molecule has 7 heteroatoms. The summed E-state index contributed by atoms with van der Waals surface area (Å²) in [6.45, 7) is 2.75. The van der Waals surface area contributed by atoms with Crippen LogP contribution in [-0.4, -0.2) is 43.9 Å². The molecule has 0 saturated heterocycles. The van der Waals surface area contributed by atoms with E-state index in [-0.39, 0.29) is 11.7 Å². The second kappa shape index (κ2) is 6.66. The summed E-state index contributed by atoms with van der Waals surface area (Å²) in [6.07, 6.45) is 4.90. The first-order chi connectivity index (χ1) is 13.0. The minimum atomic E-state index is -3.41. The second-order valence-corrected chi connectivity index (χ2v) is 8.15. The number of amidine groups is 1. The molecule has 2 aliphatic rings. The van der Waals surface area contributed by atoms with Crippen LogP contribution in [0.1, 0.15) is 6.92 Å². The quantitative estimate of drug-likeness (QED) is 0.820. The molecule has 27 heavy (non-hydrogen) atoms. The molecule has 4 rings (SSSR count). The zero-order valence-electron chi connectivity index (χ0n) is 14.9. The third-order valence-electron chi connectivity index (χ3n) is 4.69. The van der Waals surface area contributed by atoms with Gasteiger partial charge in [0, 0.05) is 24.7 Å². The first-order valence-corrected chi connectivity index (χ1v) is 10.4. The predicted molar refractivity (Wildman–Crippen MR) is 107 cm³/mol. The zero-order valence-corrected chi connectivity index (χ0v) is 15.7. The second-order valence-electron chi connectivity index (χ2n) is 6.39. The summed E-state index contributed by atoms with van der Waals surface area (Å²) >= 11 is 0. The standard InChI is InChI=1S/C20H19N3O3S/c1-2-23(18-9-5-7-15-6-3-4-8-17(15)18)20(24)16-10-11-19-21-27(25,26)13-12-22(19)14-16/h3-11,14H,2,12-13H2,1H3. The van der Waals surface area contributed by atoms with Crippen LogP contribution in [0.25, 0.3) is 10.8 Å². The van der Waals surface area contributed by atoms with Crippen molar-refractivity contribution in [2.24, 2.45) is 4.40 Å². The molecule has 2 aromatic rings. The lowest BCUT2D eigenvalue weighted by molar-refractivity contribution is -0.114. The molecule has 0 radical (unpaired) electrons. The third-order valence-corrected chi connectivity index (χ3v) is 5.85. The molecular weight excluding hydrogens is 362 g/mol. The lowest BCUT2D eigenvalue weighted by atomic mass is 10.1. The van der Waals surface area contributed by atoms with Crippen LogP contribution in [0, 0.1) is 0 Å². The Morgan fingerprint density at radius 3 is 2.74 bits per heavy atom. The average molecular weight is 381 g/mol. The maximum absolute atomic E-state index is 13.2. The van der Waals surface area contributed by atoms with Gasteiger partial charge in [0.2, 0.25) is 0 Å². The van der Waals surface area contributed by atoms with Crippen molar-refractivity contribution in [3.05, 3.63) is 66.4 Å². The monoisotopic (exact) mass is 381 g/mol. The Balaban J connectivity index is 1.69. The Bertz CT molecular complexity index is 1110. The number of likely N-dealkylation sites (N-methyl/N-ethyl adjacent to an activating group) is 1. The van der Waals surface area contributed by atoms with E-state index in [0.717, 1.165) is 16.5 Å². The molecule has 2 aromatic carbocycles. The summed E-state index contributed by atoms with van der Waals surface area (Å²) in [5.74, 6) is 0.173. The number of carbonyl (C=O) groups is 1. The Hall–Kier alpha value is -2.93. The van der Waals surface area contributed by atoms with Crippen molar-refractivity contribution in [1.82, 2.24) is 4.90 Å². The van der Waals surface area contributed by atoms with Crippen molar-refractivity contribution in [2.75, 3.05) is 23.7 Å². The fourth-order valence-electron chi connectivity index (χ4n) is 3.35. The van der Waals surface area contributed by atoms with Gasteiger partial charge in [0.1, 0.15) is 5.84 Å². The van der Waals surface area contributed by atoms with E-state index in [4.69, 9.17) is 0 Å². The molecule has 0 aliphatic carbocycles. The highest BCUT2D eigenvalue weighted by molar-refractivity contribution is 7.90. The molecule has 0 bridgehead atoms. The van der Waals surface area contributed by atoms with Gasteiger partial charge >= 0.3 is 0 Å². The Labute approximate surface area is 158 Å². The lowest BCUT2D eigenvalue weighted by Gasteiger charge is -2.29. The van der Waals surface area contributed by atoms with Crippen molar-refractivity contribution >= 4 is 38.2 Å². The SMILES string of the molecule is CCN(C(=O)C1=CN2CCS(=O)(=O)N=C2C=C1)c1cccc2ccccc12. The van der Waals surface area contributed by atoms with Gasteiger partial charge < -0.3 is 9.80 Å². The maximum atomic E-state index is 13.2. The highest BCUT2D eigenvalue weighted by Gasteiger charge is 2.27. The summed E-state index contributed by atoms with van der Waals surface area (Å²) in [5, 5.41) is 2.09. The van der Waals surface area contributed by atoms with Crippen LogP contribution in [0.15, 0.2) is 70.8 Å². The number of nitrogens with zero attached hydrogens (tertiary/aromatic N) is 3. The van der Waals surface area contributed by atoms with Gasteiger partial charge in [0.15, 0.2) is 0 Å². The van der Waals surface area contributed by atoms with Crippen LogP contribution >= 0.6 is 0 Å². The molecule has 0 saturated carbocycles. The minimum absolute atomic E-state index is 0.0525. The third kappa shape index (κ3) is 3.26. The number of rotatable bonds is 3. The maximum Gasteiger partial charge on any atom is 0.259 e. The van der Waals surface area contributed by atoms with Crippen LogP contribution in [0.2, 0.25) is 0 Å². The van der Waals surface area contributed by atoms with Gasteiger partial charge in [-0.3, -0.25) is 4.79 Å². The number of sulfonamides is 1. The molecule has 1 amide bonds. The zero-order chi connectivity index (χ0) is 19.0. The van der Waals surface area contributed by atoms with Crippen LogP contribution < -0.4 is 4.90 Å². The highest BCUT2D eigenvalue weighted by Crippen LogP contribution is 2.28. The Morgan fingerprint density at radius 2 is 1.93 bits per heavy atom. The Morgan fingerprint density at radius 1 is 1.15 bits per heavy atom. The van der Waals surface area contributed by atoms with E-state index in [2.05, 4.69) is 4.40 Å². The summed E-state index contributed by atoms with van der Waals surface area (Å²) in [6, 6.07) is 13.9. The smallest absolute Gasteiger partial charge is 0.259 e. The number of amides is 1. The molecule has 2 heterocycles. The molecule has 6 nitrogen and oxygen atoms in total. The van der Waals surface area contributed by atoms with Crippen LogP contribution in [0.4, 0.5) is 5.69 Å². The molecule has 0 atom stereocenters. The van der Waals surface area contributed by atoms with Crippen LogP contribution in [-0.2, 0) is 14.8 Å². The van der Waals surface area contributed by atoms with Gasteiger partial charge in [0.05, 0.1) is 17.0 Å². The van der Waals surface area contributed by atoms with E-state index in [0.29, 0.717) is 24.5 Å². The number of fused-ring (bicyclic) bond motifs is 2. The lowest BCUT2D eigenvalue weighted by Crippen LogP contribution is -2.39. The molecule has 0 unspecified atom stereocenters. The summed E-state index contributed by atoms with van der Waals surface area (Å²) in [7, 11) is -3.41. The van der Waals surface area contributed by atoms with Crippen molar-refractivity contribution in [2.45, 2.75) is 6.92 Å². The van der Waals surface area contributed by atoms with Gasteiger partial charge in [-0.05, 0) is 30.5 Å². The van der Waals surface area contributed by atoms with Gasteiger partial charge in [-0.2, -0.15) is 0 Å². The van der Waals surface area contributed by atoms with E-state index in [1.807, 2.05) is 49.4 Å². The number of hydrogen-bond acceptors (Lipinski definition) is 4. The molecule has 0 fully saturated rings. The molecule has 0 aromatic heterocycles. The molecule has 0 N–H and O–H groups in total. The molecule has 2 aliphatic heterocycles. The van der Waals surface area contributed by atoms with Crippen molar-refractivity contribution < 1.29 is 13.2 Å². The number of carbonyl (C=O) groups excluding carboxylic acids is 1. The summed E-state index contributed by atoms with van der Waals surface area (Å²) < 4.78 is 27.0. The van der Waals surface area contributed by atoms with Crippen molar-refractivity contribution in [1.29, 1.82) is 0 Å². The first-order valence-electron chi connectivity index (χ1n) is 8.77. The largest absolute Gasteiger partial charge is 0.330 e. The fraction of sp³-hybridized carbons (Fsp3) is 0.200. The fourth-order valence-corrected chi connectivity index (χ4v) is 4.32. The normalized spacial score (nSPS) is 17.9. The van der Waals surface area contributed by atoms with Gasteiger partial charge in [-0.1, -0.05) is 36.4 Å².